The fraction of sp³-hybridized carbons (Fsp3) is 0.538. The monoisotopic (exact) mass is 349 g/mol. The molecule has 6 heteroatoms. The second-order valence-corrected chi connectivity index (χ2v) is 8.20. The van der Waals surface area contributed by atoms with Gasteiger partial charge in [0.1, 0.15) is 5.82 Å². The molecule has 0 aliphatic carbocycles. The van der Waals surface area contributed by atoms with E-state index in [1.165, 1.54) is 12.1 Å². The molecule has 1 saturated heterocycles. The van der Waals surface area contributed by atoms with Crippen LogP contribution in [0.25, 0.3) is 0 Å². The van der Waals surface area contributed by atoms with E-state index in [-0.39, 0.29) is 11.6 Å². The number of halogens is 2. The van der Waals surface area contributed by atoms with Crippen molar-refractivity contribution < 1.29 is 12.8 Å². The molecule has 106 valence electrons. The molecule has 0 aromatic heterocycles. The summed E-state index contributed by atoms with van der Waals surface area (Å²) in [5, 5.41) is -0.503. The molecule has 1 heterocycles. The lowest BCUT2D eigenvalue weighted by Gasteiger charge is -2.27. The molecular formula is C13H17BrFNO2S. The molecular weight excluding hydrogens is 333 g/mol. The summed E-state index contributed by atoms with van der Waals surface area (Å²) >= 11 is 3.34. The summed E-state index contributed by atoms with van der Waals surface area (Å²) in [4.78, 5) is 0. The van der Waals surface area contributed by atoms with Crippen molar-refractivity contribution in [3.05, 3.63) is 34.1 Å². The zero-order chi connectivity index (χ0) is 14.0. The lowest BCUT2D eigenvalue weighted by atomic mass is 10.0. The lowest BCUT2D eigenvalue weighted by molar-refractivity contribution is 0.494. The predicted octanol–water partition coefficient (Wildman–Crippen LogP) is 2.43. The van der Waals surface area contributed by atoms with E-state index in [2.05, 4.69) is 15.9 Å². The number of rotatable bonds is 3. The van der Waals surface area contributed by atoms with Gasteiger partial charge < -0.3 is 5.73 Å². The van der Waals surface area contributed by atoms with E-state index in [9.17, 15) is 12.8 Å². The van der Waals surface area contributed by atoms with Crippen molar-refractivity contribution in [2.24, 2.45) is 5.73 Å². The van der Waals surface area contributed by atoms with Gasteiger partial charge in [-0.3, -0.25) is 0 Å². The number of hydrogen-bond acceptors (Lipinski definition) is 3. The number of sulfone groups is 1. The van der Waals surface area contributed by atoms with Gasteiger partial charge in [-0.1, -0.05) is 22.4 Å². The topological polar surface area (TPSA) is 60.2 Å². The lowest BCUT2D eigenvalue weighted by Crippen LogP contribution is -2.44. The van der Waals surface area contributed by atoms with E-state index in [1.54, 1.807) is 6.07 Å². The van der Waals surface area contributed by atoms with Crippen LogP contribution in [0, 0.1) is 5.82 Å². The Balaban J connectivity index is 2.16. The normalized spacial score (nSPS) is 24.1. The maximum atomic E-state index is 13.2. The van der Waals surface area contributed by atoms with Gasteiger partial charge in [-0.05, 0) is 43.0 Å². The van der Waals surface area contributed by atoms with Crippen LogP contribution in [0.15, 0.2) is 22.7 Å². The molecule has 3 nitrogen and oxygen atoms in total. The van der Waals surface area contributed by atoms with Gasteiger partial charge >= 0.3 is 0 Å². The van der Waals surface area contributed by atoms with E-state index >= 15 is 0 Å². The molecule has 1 aliphatic rings. The standard InChI is InChI=1S/C13H17BrFNO2S/c14-11-5-4-10(15)7-9(11)8-12(16)13-3-1-2-6-19(13,17)18/h4-5,7,12-13H,1-3,6,8,16H2. The van der Waals surface area contributed by atoms with Gasteiger partial charge in [0.2, 0.25) is 0 Å². The van der Waals surface area contributed by atoms with E-state index in [4.69, 9.17) is 5.73 Å². The molecule has 0 saturated carbocycles. The van der Waals surface area contributed by atoms with Gasteiger partial charge in [-0.15, -0.1) is 0 Å². The van der Waals surface area contributed by atoms with Crippen molar-refractivity contribution in [1.29, 1.82) is 0 Å². The van der Waals surface area contributed by atoms with Gasteiger partial charge in [-0.2, -0.15) is 0 Å². The molecule has 2 atom stereocenters. The Bertz CT molecular complexity index is 562. The van der Waals surface area contributed by atoms with Crippen LogP contribution in [0.1, 0.15) is 24.8 Å². The molecule has 0 radical (unpaired) electrons. The molecule has 19 heavy (non-hydrogen) atoms. The number of benzene rings is 1. The first kappa shape index (κ1) is 14.9. The molecule has 1 aromatic rings. The SMILES string of the molecule is NC(Cc1cc(F)ccc1Br)C1CCCCS1(=O)=O. The Morgan fingerprint density at radius 3 is 2.84 bits per heavy atom. The summed E-state index contributed by atoms with van der Waals surface area (Å²) in [7, 11) is -3.10. The Kier molecular flexibility index (Phi) is 4.63. The Morgan fingerprint density at radius 2 is 2.16 bits per heavy atom. The molecule has 1 fully saturated rings. The molecule has 1 aromatic carbocycles. The van der Waals surface area contributed by atoms with Crippen LogP contribution in [0.4, 0.5) is 4.39 Å². The van der Waals surface area contributed by atoms with Crippen molar-refractivity contribution >= 4 is 25.8 Å². The van der Waals surface area contributed by atoms with E-state index in [1.807, 2.05) is 0 Å². The zero-order valence-electron chi connectivity index (χ0n) is 10.5. The fourth-order valence-corrected chi connectivity index (χ4v) is 5.02. The highest BCUT2D eigenvalue weighted by Crippen LogP contribution is 2.25. The first-order valence-corrected chi connectivity index (χ1v) is 8.82. The van der Waals surface area contributed by atoms with E-state index in [0.717, 1.165) is 17.3 Å². The van der Waals surface area contributed by atoms with Crippen LogP contribution >= 0.6 is 15.9 Å². The summed E-state index contributed by atoms with van der Waals surface area (Å²) in [5.41, 5.74) is 6.77. The van der Waals surface area contributed by atoms with Crippen LogP contribution in [-0.2, 0) is 16.3 Å². The third-order valence-corrected chi connectivity index (χ3v) is 6.71. The average molecular weight is 350 g/mol. The van der Waals surface area contributed by atoms with Crippen LogP contribution < -0.4 is 5.73 Å². The molecule has 0 amide bonds. The second-order valence-electron chi connectivity index (χ2n) is 5.00. The smallest absolute Gasteiger partial charge is 0.154 e. The zero-order valence-corrected chi connectivity index (χ0v) is 12.9. The summed E-state index contributed by atoms with van der Waals surface area (Å²) in [6, 6.07) is 3.89. The van der Waals surface area contributed by atoms with Crippen LogP contribution in [-0.4, -0.2) is 25.5 Å². The van der Waals surface area contributed by atoms with Crippen molar-refractivity contribution in [3.63, 3.8) is 0 Å². The Hall–Kier alpha value is -0.460. The van der Waals surface area contributed by atoms with Crippen molar-refractivity contribution in [3.8, 4) is 0 Å². The molecule has 1 aliphatic heterocycles. The minimum atomic E-state index is -3.10. The first-order valence-electron chi connectivity index (χ1n) is 6.31. The van der Waals surface area contributed by atoms with Crippen LogP contribution in [0.3, 0.4) is 0 Å². The van der Waals surface area contributed by atoms with Crippen molar-refractivity contribution in [2.45, 2.75) is 37.0 Å². The molecule has 2 unspecified atom stereocenters. The van der Waals surface area contributed by atoms with Crippen LogP contribution in [0.2, 0.25) is 0 Å². The van der Waals surface area contributed by atoms with Crippen LogP contribution in [0.5, 0.6) is 0 Å². The summed E-state index contributed by atoms with van der Waals surface area (Å²) in [5.74, 6) is -0.118. The number of hydrogen-bond donors (Lipinski definition) is 1. The molecule has 0 bridgehead atoms. The van der Waals surface area contributed by atoms with Gasteiger partial charge in [-0.25, -0.2) is 12.8 Å². The fourth-order valence-electron chi connectivity index (χ4n) is 2.55. The third kappa shape index (κ3) is 3.55. The number of nitrogens with two attached hydrogens (primary N) is 1. The van der Waals surface area contributed by atoms with E-state index in [0.29, 0.717) is 18.4 Å². The highest BCUT2D eigenvalue weighted by molar-refractivity contribution is 9.10. The van der Waals surface area contributed by atoms with Gasteiger partial charge in [0.05, 0.1) is 11.0 Å². The molecule has 2 rings (SSSR count). The molecule has 2 N–H and O–H groups in total. The minimum absolute atomic E-state index is 0.218. The van der Waals surface area contributed by atoms with Gasteiger partial charge in [0, 0.05) is 10.5 Å². The maximum absolute atomic E-state index is 13.2. The summed E-state index contributed by atoms with van der Waals surface area (Å²) in [6.45, 7) is 0. The highest BCUT2D eigenvalue weighted by Gasteiger charge is 2.33. The average Bonchev–Trinajstić information content (AvgIpc) is 2.33. The van der Waals surface area contributed by atoms with Crippen molar-refractivity contribution in [2.75, 3.05) is 5.75 Å². The van der Waals surface area contributed by atoms with Gasteiger partial charge in [0.15, 0.2) is 9.84 Å². The van der Waals surface area contributed by atoms with E-state index < -0.39 is 21.1 Å². The van der Waals surface area contributed by atoms with Crippen molar-refractivity contribution in [1.82, 2.24) is 0 Å². The summed E-state index contributed by atoms with van der Waals surface area (Å²) < 4.78 is 38.0. The van der Waals surface area contributed by atoms with Gasteiger partial charge in [0.25, 0.3) is 0 Å². The first-order chi connectivity index (χ1) is 8.90. The second kappa shape index (κ2) is 5.89. The maximum Gasteiger partial charge on any atom is 0.154 e. The largest absolute Gasteiger partial charge is 0.326 e. The third-order valence-electron chi connectivity index (χ3n) is 3.57. The minimum Gasteiger partial charge on any atom is -0.326 e. The predicted molar refractivity (Wildman–Crippen MR) is 77.2 cm³/mol. The quantitative estimate of drug-likeness (QED) is 0.911. The Morgan fingerprint density at radius 1 is 1.42 bits per heavy atom. The molecule has 0 spiro atoms. The Labute approximate surface area is 121 Å². The summed E-state index contributed by atoms with van der Waals surface area (Å²) in [6.07, 6.45) is 2.58. The highest BCUT2D eigenvalue weighted by atomic mass is 79.9.